The minimum Gasteiger partial charge on any atom is -0.361 e. The SMILES string of the molecule is O=C(C=CC1CCC2C(CCCC2NCCc2c[nH]c3ccccc23)C1)NO. The van der Waals surface area contributed by atoms with E-state index in [-0.39, 0.29) is 0 Å². The van der Waals surface area contributed by atoms with E-state index >= 15 is 0 Å². The molecule has 4 rings (SSSR count). The summed E-state index contributed by atoms with van der Waals surface area (Å²) < 4.78 is 0. The van der Waals surface area contributed by atoms with Crippen LogP contribution in [-0.4, -0.2) is 28.7 Å². The van der Waals surface area contributed by atoms with E-state index in [0.29, 0.717) is 12.0 Å². The van der Waals surface area contributed by atoms with Gasteiger partial charge in [-0.1, -0.05) is 37.1 Å². The number of hydrogen-bond acceptors (Lipinski definition) is 3. The molecule has 2 fully saturated rings. The van der Waals surface area contributed by atoms with Gasteiger partial charge in [-0.3, -0.25) is 10.0 Å². The zero-order chi connectivity index (χ0) is 19.3. The monoisotopic (exact) mass is 381 g/mol. The first-order chi connectivity index (χ1) is 13.7. The number of rotatable bonds is 6. The predicted molar refractivity (Wildman–Crippen MR) is 111 cm³/mol. The maximum Gasteiger partial charge on any atom is 0.267 e. The second-order valence-corrected chi connectivity index (χ2v) is 8.43. The van der Waals surface area contributed by atoms with Crippen LogP contribution in [-0.2, 0) is 11.2 Å². The number of hydroxylamine groups is 1. The van der Waals surface area contributed by atoms with E-state index in [1.54, 1.807) is 5.48 Å². The number of fused-ring (bicyclic) bond motifs is 2. The maximum atomic E-state index is 11.2. The third kappa shape index (κ3) is 4.31. The molecule has 0 radical (unpaired) electrons. The number of carbonyl (C=O) groups excluding carboxylic acids is 1. The number of hydrogen-bond donors (Lipinski definition) is 4. The number of aromatic nitrogens is 1. The fourth-order valence-corrected chi connectivity index (χ4v) is 5.42. The highest BCUT2D eigenvalue weighted by Gasteiger charge is 2.37. The highest BCUT2D eigenvalue weighted by Crippen LogP contribution is 2.43. The molecule has 5 heteroatoms. The second kappa shape index (κ2) is 8.93. The number of nitrogens with one attached hydrogen (secondary N) is 3. The van der Waals surface area contributed by atoms with Crippen LogP contribution in [0.5, 0.6) is 0 Å². The molecule has 1 heterocycles. The molecular weight excluding hydrogens is 350 g/mol. The van der Waals surface area contributed by atoms with Crippen LogP contribution in [0, 0.1) is 17.8 Å². The zero-order valence-corrected chi connectivity index (χ0v) is 16.4. The van der Waals surface area contributed by atoms with E-state index in [0.717, 1.165) is 31.2 Å². The molecule has 5 nitrogen and oxygen atoms in total. The Hall–Kier alpha value is -2.11. The van der Waals surface area contributed by atoms with Gasteiger partial charge in [-0.05, 0) is 68.0 Å². The Morgan fingerprint density at radius 3 is 3.00 bits per heavy atom. The van der Waals surface area contributed by atoms with Crippen LogP contribution in [0.15, 0.2) is 42.6 Å². The average Bonchev–Trinajstić information content (AvgIpc) is 3.15. The fourth-order valence-electron chi connectivity index (χ4n) is 5.42. The zero-order valence-electron chi connectivity index (χ0n) is 16.4. The molecule has 0 spiro atoms. The minimum absolute atomic E-state index is 0.428. The average molecular weight is 382 g/mol. The Bertz CT molecular complexity index is 828. The lowest BCUT2D eigenvalue weighted by atomic mass is 9.65. The van der Waals surface area contributed by atoms with Gasteiger partial charge in [0.2, 0.25) is 0 Å². The maximum absolute atomic E-state index is 11.2. The summed E-state index contributed by atoms with van der Waals surface area (Å²) in [6.07, 6.45) is 14.1. The van der Waals surface area contributed by atoms with Crippen molar-refractivity contribution in [2.45, 2.75) is 51.0 Å². The predicted octanol–water partition coefficient (Wildman–Crippen LogP) is 3.95. The topological polar surface area (TPSA) is 77.2 Å². The standard InChI is InChI=1S/C23H31N3O2/c27-23(26-28)11-9-16-8-10-20-17(14-16)4-3-7-21(20)24-13-12-18-15-25-22-6-2-1-5-19(18)22/h1-2,5-6,9,11,15-17,20-21,24-25,28H,3-4,7-8,10,12-14H2,(H,26,27). The van der Waals surface area contributed by atoms with Crippen molar-refractivity contribution in [1.82, 2.24) is 15.8 Å². The number of para-hydroxylation sites is 1. The third-order valence-corrected chi connectivity index (χ3v) is 6.79. The number of aromatic amines is 1. The van der Waals surface area contributed by atoms with E-state index in [1.807, 2.05) is 6.08 Å². The Morgan fingerprint density at radius 2 is 2.11 bits per heavy atom. The molecule has 0 saturated heterocycles. The fraction of sp³-hybridized carbons (Fsp3) is 0.522. The van der Waals surface area contributed by atoms with Crippen LogP contribution in [0.4, 0.5) is 0 Å². The first-order valence-electron chi connectivity index (χ1n) is 10.6. The van der Waals surface area contributed by atoms with Crippen molar-refractivity contribution < 1.29 is 10.0 Å². The Labute approximate surface area is 166 Å². The van der Waals surface area contributed by atoms with Gasteiger partial charge >= 0.3 is 0 Å². The largest absolute Gasteiger partial charge is 0.361 e. The molecule has 1 amide bonds. The van der Waals surface area contributed by atoms with Crippen molar-refractivity contribution in [2.24, 2.45) is 17.8 Å². The normalized spacial score (nSPS) is 27.8. The van der Waals surface area contributed by atoms with E-state index in [2.05, 4.69) is 40.8 Å². The lowest BCUT2D eigenvalue weighted by molar-refractivity contribution is -0.124. The summed E-state index contributed by atoms with van der Waals surface area (Å²) in [5.41, 5.74) is 4.29. The van der Waals surface area contributed by atoms with Gasteiger partial charge in [-0.2, -0.15) is 0 Å². The molecule has 2 aliphatic carbocycles. The first kappa shape index (κ1) is 19.2. The molecule has 1 aromatic carbocycles. The van der Waals surface area contributed by atoms with E-state index < -0.39 is 5.91 Å². The highest BCUT2D eigenvalue weighted by atomic mass is 16.5. The number of allylic oxidation sites excluding steroid dienone is 1. The smallest absolute Gasteiger partial charge is 0.267 e. The molecule has 4 unspecified atom stereocenters. The van der Waals surface area contributed by atoms with Crippen molar-refractivity contribution >= 4 is 16.8 Å². The molecule has 4 atom stereocenters. The quantitative estimate of drug-likeness (QED) is 0.348. The van der Waals surface area contributed by atoms with Crippen LogP contribution in [0.25, 0.3) is 10.9 Å². The van der Waals surface area contributed by atoms with Gasteiger partial charge < -0.3 is 10.3 Å². The van der Waals surface area contributed by atoms with Crippen LogP contribution in [0.2, 0.25) is 0 Å². The van der Waals surface area contributed by atoms with Gasteiger partial charge in [-0.15, -0.1) is 0 Å². The van der Waals surface area contributed by atoms with Crippen molar-refractivity contribution in [2.75, 3.05) is 6.54 Å². The summed E-state index contributed by atoms with van der Waals surface area (Å²) in [4.78, 5) is 14.6. The first-order valence-corrected chi connectivity index (χ1v) is 10.6. The summed E-state index contributed by atoms with van der Waals surface area (Å²) >= 11 is 0. The van der Waals surface area contributed by atoms with E-state index in [9.17, 15) is 4.79 Å². The lowest BCUT2D eigenvalue weighted by Gasteiger charge is -2.44. The summed E-state index contributed by atoms with van der Waals surface area (Å²) in [6.45, 7) is 1.02. The Balaban J connectivity index is 1.30. The molecule has 2 saturated carbocycles. The van der Waals surface area contributed by atoms with Crippen LogP contribution >= 0.6 is 0 Å². The summed E-state index contributed by atoms with van der Waals surface area (Å²) in [6, 6.07) is 9.13. The molecule has 0 aliphatic heterocycles. The van der Waals surface area contributed by atoms with Gasteiger partial charge in [0.25, 0.3) is 5.91 Å². The third-order valence-electron chi connectivity index (χ3n) is 6.79. The molecule has 2 aliphatic rings. The van der Waals surface area contributed by atoms with E-state index in [1.165, 1.54) is 54.6 Å². The van der Waals surface area contributed by atoms with Crippen molar-refractivity contribution in [3.63, 3.8) is 0 Å². The van der Waals surface area contributed by atoms with Crippen LogP contribution < -0.4 is 10.8 Å². The van der Waals surface area contributed by atoms with Gasteiger partial charge in [0.05, 0.1) is 0 Å². The molecule has 4 N–H and O–H groups in total. The summed E-state index contributed by atoms with van der Waals surface area (Å²) in [7, 11) is 0. The van der Waals surface area contributed by atoms with Crippen molar-refractivity contribution in [3.8, 4) is 0 Å². The van der Waals surface area contributed by atoms with Crippen LogP contribution in [0.1, 0.15) is 44.1 Å². The van der Waals surface area contributed by atoms with Crippen LogP contribution in [0.3, 0.4) is 0 Å². The number of carbonyl (C=O) groups is 1. The van der Waals surface area contributed by atoms with Crippen molar-refractivity contribution in [3.05, 3.63) is 48.2 Å². The number of benzene rings is 1. The van der Waals surface area contributed by atoms with Gasteiger partial charge in [0, 0.05) is 29.2 Å². The molecule has 0 bridgehead atoms. The number of amides is 1. The minimum atomic E-state index is -0.428. The Morgan fingerprint density at radius 1 is 1.21 bits per heavy atom. The molecule has 1 aromatic heterocycles. The molecule has 150 valence electrons. The van der Waals surface area contributed by atoms with Gasteiger partial charge in [0.1, 0.15) is 0 Å². The highest BCUT2D eigenvalue weighted by molar-refractivity contribution is 5.86. The molecule has 28 heavy (non-hydrogen) atoms. The summed E-state index contributed by atoms with van der Waals surface area (Å²) in [5.74, 6) is 1.54. The Kier molecular flexibility index (Phi) is 6.13. The lowest BCUT2D eigenvalue weighted by Crippen LogP contribution is -2.45. The molecule has 2 aromatic rings. The van der Waals surface area contributed by atoms with E-state index in [4.69, 9.17) is 5.21 Å². The van der Waals surface area contributed by atoms with Crippen molar-refractivity contribution in [1.29, 1.82) is 0 Å². The summed E-state index contributed by atoms with van der Waals surface area (Å²) in [5, 5.41) is 13.8. The molecular formula is C23H31N3O2. The number of H-pyrrole nitrogens is 1. The van der Waals surface area contributed by atoms with Gasteiger partial charge in [0.15, 0.2) is 0 Å². The second-order valence-electron chi connectivity index (χ2n) is 8.43. The van der Waals surface area contributed by atoms with Gasteiger partial charge in [-0.25, -0.2) is 5.48 Å².